The van der Waals surface area contributed by atoms with Gasteiger partial charge in [0.05, 0.1) is 16.5 Å². The summed E-state index contributed by atoms with van der Waals surface area (Å²) in [5.41, 5.74) is 2.91. The topological polar surface area (TPSA) is 68.3 Å². The van der Waals surface area contributed by atoms with E-state index in [9.17, 15) is 8.42 Å². The van der Waals surface area contributed by atoms with Gasteiger partial charge in [0, 0.05) is 27.9 Å². The Morgan fingerprint density at radius 3 is 2.65 bits per heavy atom. The van der Waals surface area contributed by atoms with Crippen molar-refractivity contribution in [3.8, 4) is 16.3 Å². The molecule has 0 amide bonds. The van der Waals surface area contributed by atoms with E-state index >= 15 is 0 Å². The SMILES string of the molecule is CNc1ccc(-c2nc3ccc(OS(C)(=O)=O)cc3s2)cc1[125I]. The monoisotopic (exact) mass is 458 g/mol. The minimum absolute atomic E-state index is 0.301. The van der Waals surface area contributed by atoms with Gasteiger partial charge in [-0.3, -0.25) is 0 Å². The molecule has 0 radical (unpaired) electrons. The third-order valence-electron chi connectivity index (χ3n) is 3.09. The van der Waals surface area contributed by atoms with Crippen LogP contribution in [-0.4, -0.2) is 26.7 Å². The van der Waals surface area contributed by atoms with Gasteiger partial charge in [0.15, 0.2) is 0 Å². The largest absolute Gasteiger partial charge is 0.387 e. The van der Waals surface area contributed by atoms with E-state index in [1.807, 2.05) is 19.2 Å². The van der Waals surface area contributed by atoms with Crippen LogP contribution in [0, 0.1) is 3.57 Å². The molecule has 120 valence electrons. The van der Waals surface area contributed by atoms with Crippen molar-refractivity contribution in [3.05, 3.63) is 40.0 Å². The molecule has 0 saturated heterocycles. The van der Waals surface area contributed by atoms with Crippen molar-refractivity contribution in [3.63, 3.8) is 0 Å². The summed E-state index contributed by atoms with van der Waals surface area (Å²) in [6, 6.07) is 11.2. The first-order valence-electron chi connectivity index (χ1n) is 6.63. The highest BCUT2D eigenvalue weighted by Gasteiger charge is 2.11. The zero-order valence-electron chi connectivity index (χ0n) is 12.3. The van der Waals surface area contributed by atoms with Gasteiger partial charge >= 0.3 is 10.1 Å². The molecular weight excluding hydrogens is 445 g/mol. The van der Waals surface area contributed by atoms with Crippen LogP contribution in [0.25, 0.3) is 20.8 Å². The number of hydrogen-bond acceptors (Lipinski definition) is 6. The van der Waals surface area contributed by atoms with Crippen LogP contribution in [-0.2, 0) is 10.1 Å². The van der Waals surface area contributed by atoms with Crippen molar-refractivity contribution in [1.29, 1.82) is 0 Å². The van der Waals surface area contributed by atoms with Crippen molar-refractivity contribution in [1.82, 2.24) is 4.98 Å². The molecule has 1 N–H and O–H groups in total. The van der Waals surface area contributed by atoms with Crippen molar-refractivity contribution in [2.45, 2.75) is 0 Å². The summed E-state index contributed by atoms with van der Waals surface area (Å²) in [5.74, 6) is 0.301. The summed E-state index contributed by atoms with van der Waals surface area (Å²) in [6.45, 7) is 0. The van der Waals surface area contributed by atoms with Crippen molar-refractivity contribution >= 4 is 59.9 Å². The molecule has 0 spiro atoms. The van der Waals surface area contributed by atoms with E-state index in [-0.39, 0.29) is 0 Å². The van der Waals surface area contributed by atoms with Crippen LogP contribution in [0.5, 0.6) is 5.75 Å². The second-order valence-corrected chi connectivity index (χ2v) is 8.65. The quantitative estimate of drug-likeness (QED) is 0.474. The van der Waals surface area contributed by atoms with Crippen molar-refractivity contribution in [2.75, 3.05) is 18.6 Å². The lowest BCUT2D eigenvalue weighted by Crippen LogP contribution is -2.05. The molecule has 2 aromatic carbocycles. The minimum Gasteiger partial charge on any atom is -0.387 e. The number of aromatic nitrogens is 1. The molecule has 3 rings (SSSR count). The Morgan fingerprint density at radius 1 is 1.22 bits per heavy atom. The molecule has 8 heteroatoms. The first-order valence-corrected chi connectivity index (χ1v) is 10.3. The lowest BCUT2D eigenvalue weighted by Gasteiger charge is -2.04. The van der Waals surface area contributed by atoms with Gasteiger partial charge in [-0.05, 0) is 52.9 Å². The lowest BCUT2D eigenvalue weighted by atomic mass is 10.2. The molecule has 0 fully saturated rings. The molecule has 0 bridgehead atoms. The zero-order chi connectivity index (χ0) is 16.6. The molecule has 0 aliphatic rings. The molecule has 5 nitrogen and oxygen atoms in total. The second-order valence-electron chi connectivity index (χ2n) is 4.88. The van der Waals surface area contributed by atoms with Crippen molar-refractivity contribution < 1.29 is 12.6 Å². The lowest BCUT2D eigenvalue weighted by molar-refractivity contribution is 0.493. The van der Waals surface area contributed by atoms with Crippen LogP contribution in [0.1, 0.15) is 0 Å². The van der Waals surface area contributed by atoms with Gasteiger partial charge in [-0.1, -0.05) is 0 Å². The van der Waals surface area contributed by atoms with Gasteiger partial charge in [-0.15, -0.1) is 11.3 Å². The normalized spacial score (nSPS) is 11.6. The molecule has 0 unspecified atom stereocenters. The Labute approximate surface area is 152 Å². The smallest absolute Gasteiger partial charge is 0.306 e. The number of nitrogens with one attached hydrogen (secondary N) is 1. The highest BCUT2D eigenvalue weighted by molar-refractivity contribution is 14.1. The number of thiazole rings is 1. The Bertz CT molecular complexity index is 984. The van der Waals surface area contributed by atoms with Gasteiger partial charge in [0.1, 0.15) is 10.8 Å². The number of halogens is 1. The molecule has 0 atom stereocenters. The number of anilines is 1. The first-order chi connectivity index (χ1) is 10.9. The number of rotatable bonds is 4. The maximum absolute atomic E-state index is 11.2. The highest BCUT2D eigenvalue weighted by Crippen LogP contribution is 2.34. The van der Waals surface area contributed by atoms with Crippen LogP contribution in [0.4, 0.5) is 5.69 Å². The standard InChI is InChI=1S/C15H13IN2O3S2/c1-17-12-5-3-9(7-11(12)16)15-18-13-6-4-10(8-14(13)22-15)21-23(2,19)20/h3-8,17H,1-2H3/i16-2. The summed E-state index contributed by atoms with van der Waals surface area (Å²) in [6.07, 6.45) is 1.03. The van der Waals surface area contributed by atoms with Gasteiger partial charge in [0.2, 0.25) is 0 Å². The van der Waals surface area contributed by atoms with Gasteiger partial charge < -0.3 is 9.50 Å². The third kappa shape index (κ3) is 3.75. The predicted octanol–water partition coefficient (Wildman–Crippen LogP) is 3.95. The highest BCUT2D eigenvalue weighted by atomic mass is 125. The number of benzene rings is 2. The Morgan fingerprint density at radius 2 is 2.00 bits per heavy atom. The summed E-state index contributed by atoms with van der Waals surface area (Å²) in [7, 11) is -1.64. The minimum atomic E-state index is -3.53. The Kier molecular flexibility index (Phi) is 4.47. The van der Waals surface area contributed by atoms with Gasteiger partial charge in [0.25, 0.3) is 0 Å². The average molecular weight is 458 g/mol. The number of fused-ring (bicyclic) bond motifs is 1. The molecule has 0 aliphatic heterocycles. The fourth-order valence-electron chi connectivity index (χ4n) is 2.11. The maximum Gasteiger partial charge on any atom is 0.306 e. The van der Waals surface area contributed by atoms with Gasteiger partial charge in [-0.25, -0.2) is 4.98 Å². The van der Waals surface area contributed by atoms with E-state index in [1.165, 1.54) is 11.3 Å². The van der Waals surface area contributed by atoms with E-state index in [1.54, 1.807) is 18.2 Å². The van der Waals surface area contributed by atoms with E-state index in [4.69, 9.17) is 4.18 Å². The summed E-state index contributed by atoms with van der Waals surface area (Å²) < 4.78 is 29.4. The number of nitrogens with zero attached hydrogens (tertiary/aromatic N) is 1. The number of hydrogen-bond donors (Lipinski definition) is 1. The zero-order valence-corrected chi connectivity index (χ0v) is 16.1. The van der Waals surface area contributed by atoms with E-state index in [2.05, 4.69) is 39.0 Å². The summed E-state index contributed by atoms with van der Waals surface area (Å²) in [5, 5.41) is 4.02. The maximum atomic E-state index is 11.2. The van der Waals surface area contributed by atoms with Crippen LogP contribution in [0.2, 0.25) is 0 Å². The molecule has 23 heavy (non-hydrogen) atoms. The fraction of sp³-hybridized carbons (Fsp3) is 0.133. The fourth-order valence-corrected chi connectivity index (χ4v) is 4.33. The predicted molar refractivity (Wildman–Crippen MR) is 103 cm³/mol. The molecule has 0 saturated carbocycles. The van der Waals surface area contributed by atoms with Gasteiger partial charge in [-0.2, -0.15) is 8.42 Å². The van der Waals surface area contributed by atoms with E-state index in [0.29, 0.717) is 5.75 Å². The van der Waals surface area contributed by atoms with Crippen molar-refractivity contribution in [2.24, 2.45) is 0 Å². The molecule has 3 aromatic rings. The van der Waals surface area contributed by atoms with Crippen LogP contribution >= 0.6 is 33.9 Å². The third-order valence-corrected chi connectivity index (χ3v) is 5.55. The second kappa shape index (κ2) is 6.25. The Balaban J connectivity index is 2.01. The molecular formula is C15H13IN2O3S2. The summed E-state index contributed by atoms with van der Waals surface area (Å²) in [4.78, 5) is 4.61. The molecule has 1 aromatic heterocycles. The average Bonchev–Trinajstić information content (AvgIpc) is 2.88. The molecule has 0 aliphatic carbocycles. The van der Waals surface area contributed by atoms with Crippen LogP contribution in [0.3, 0.4) is 0 Å². The molecule has 1 heterocycles. The summed E-state index contributed by atoms with van der Waals surface area (Å²) >= 11 is 3.78. The van der Waals surface area contributed by atoms with E-state index < -0.39 is 10.1 Å². The van der Waals surface area contributed by atoms with E-state index in [0.717, 1.165) is 36.3 Å². The van der Waals surface area contributed by atoms with Crippen LogP contribution < -0.4 is 9.50 Å². The Hall–Kier alpha value is -1.39. The first kappa shape index (κ1) is 16.5. The van der Waals surface area contributed by atoms with Crippen LogP contribution in [0.15, 0.2) is 36.4 Å².